The maximum Gasteiger partial charge on any atom is 0.490 e. The molecule has 0 aromatic rings. The van der Waals surface area contributed by atoms with Crippen LogP contribution in [0.4, 0.5) is 0 Å². The molecule has 0 aliphatic carbocycles. The van der Waals surface area contributed by atoms with E-state index in [0.717, 1.165) is 51.4 Å². The van der Waals surface area contributed by atoms with E-state index in [9.17, 15) is 18.6 Å². The van der Waals surface area contributed by atoms with Gasteiger partial charge in [0.1, 0.15) is 0 Å². The summed E-state index contributed by atoms with van der Waals surface area (Å²) in [6.45, 7) is 7.84. The SMILES string of the molecule is CCCCC(CC)COP(=O)(OCC(CC)CCCC)OP(=O)(O)OP(=O)(O)O. The Labute approximate surface area is 174 Å². The summed E-state index contributed by atoms with van der Waals surface area (Å²) in [7, 11) is -15.4. The predicted octanol–water partition coefficient (Wildman–Crippen LogP) is 5.79. The van der Waals surface area contributed by atoms with E-state index in [1.165, 1.54) is 0 Å². The first kappa shape index (κ1) is 29.4. The van der Waals surface area contributed by atoms with Gasteiger partial charge in [-0.15, -0.1) is 0 Å². The van der Waals surface area contributed by atoms with Crippen LogP contribution in [0.3, 0.4) is 0 Å². The minimum absolute atomic E-state index is 0.0262. The van der Waals surface area contributed by atoms with Crippen molar-refractivity contribution in [3.8, 4) is 0 Å². The molecule has 0 heterocycles. The summed E-state index contributed by atoms with van der Waals surface area (Å²) >= 11 is 0. The average Bonchev–Trinajstić information content (AvgIpc) is 2.59. The normalized spacial score (nSPS) is 18.7. The van der Waals surface area contributed by atoms with Crippen molar-refractivity contribution in [2.75, 3.05) is 13.2 Å². The van der Waals surface area contributed by atoms with Gasteiger partial charge in [0.2, 0.25) is 0 Å². The summed E-state index contributed by atoms with van der Waals surface area (Å²) in [5.41, 5.74) is 0. The largest absolute Gasteiger partial charge is 0.490 e. The van der Waals surface area contributed by atoms with E-state index < -0.39 is 23.5 Å². The zero-order valence-corrected chi connectivity index (χ0v) is 20.5. The van der Waals surface area contributed by atoms with Crippen molar-refractivity contribution in [3.05, 3.63) is 0 Å². The van der Waals surface area contributed by atoms with E-state index in [1.54, 1.807) is 0 Å². The molecule has 0 aliphatic rings. The number of rotatable bonds is 18. The highest BCUT2D eigenvalue weighted by molar-refractivity contribution is 7.66. The van der Waals surface area contributed by atoms with Crippen LogP contribution in [0, 0.1) is 11.8 Å². The van der Waals surface area contributed by atoms with Crippen LogP contribution in [-0.4, -0.2) is 27.9 Å². The monoisotopic (exact) mass is 482 g/mol. The second-order valence-electron chi connectivity index (χ2n) is 6.99. The highest BCUT2D eigenvalue weighted by atomic mass is 31.3. The first-order valence-corrected chi connectivity index (χ1v) is 14.6. The van der Waals surface area contributed by atoms with Crippen LogP contribution in [0.1, 0.15) is 79.1 Å². The lowest BCUT2D eigenvalue weighted by atomic mass is 10.0. The maximum absolute atomic E-state index is 13.0. The van der Waals surface area contributed by atoms with Crippen LogP contribution in [0.15, 0.2) is 0 Å². The molecule has 0 saturated heterocycles. The van der Waals surface area contributed by atoms with E-state index >= 15 is 0 Å². The molecule has 0 aromatic heterocycles. The molecule has 3 atom stereocenters. The van der Waals surface area contributed by atoms with Gasteiger partial charge >= 0.3 is 23.5 Å². The van der Waals surface area contributed by atoms with Crippen molar-refractivity contribution in [1.82, 2.24) is 0 Å². The van der Waals surface area contributed by atoms with E-state index in [1.807, 2.05) is 27.7 Å². The number of phosphoric ester groups is 1. The van der Waals surface area contributed by atoms with Crippen molar-refractivity contribution in [1.29, 1.82) is 0 Å². The Morgan fingerprint density at radius 1 is 0.724 bits per heavy atom. The molecule has 3 N–H and O–H groups in total. The minimum atomic E-state index is -5.39. The van der Waals surface area contributed by atoms with Gasteiger partial charge in [-0.05, 0) is 24.7 Å². The van der Waals surface area contributed by atoms with E-state index in [-0.39, 0.29) is 25.0 Å². The lowest BCUT2D eigenvalue weighted by molar-refractivity contribution is 0.105. The van der Waals surface area contributed by atoms with E-state index in [2.05, 4.69) is 8.62 Å². The quantitative estimate of drug-likeness (QED) is 0.205. The van der Waals surface area contributed by atoms with Gasteiger partial charge in [0.25, 0.3) is 0 Å². The molecule has 0 saturated carbocycles. The van der Waals surface area contributed by atoms with Gasteiger partial charge in [0.15, 0.2) is 0 Å². The zero-order chi connectivity index (χ0) is 22.6. The molecular formula is C16H37O10P3. The minimum Gasteiger partial charge on any atom is -0.302 e. The summed E-state index contributed by atoms with van der Waals surface area (Å²) in [5.74, 6) is 0.0524. The third-order valence-corrected chi connectivity index (χ3v) is 8.67. The molecule has 0 fully saturated rings. The van der Waals surface area contributed by atoms with Gasteiger partial charge in [-0.25, -0.2) is 13.7 Å². The molecule has 0 amide bonds. The van der Waals surface area contributed by atoms with Crippen LogP contribution in [0.5, 0.6) is 0 Å². The van der Waals surface area contributed by atoms with Crippen LogP contribution in [0.2, 0.25) is 0 Å². The molecule has 0 radical (unpaired) electrons. The Kier molecular flexibility index (Phi) is 14.7. The Morgan fingerprint density at radius 2 is 1.14 bits per heavy atom. The highest BCUT2D eigenvalue weighted by Crippen LogP contribution is 2.68. The summed E-state index contributed by atoms with van der Waals surface area (Å²) < 4.78 is 54.6. The Hall–Kier alpha value is 0.410. The van der Waals surface area contributed by atoms with Crippen LogP contribution >= 0.6 is 23.5 Å². The number of hydrogen-bond donors (Lipinski definition) is 3. The molecule has 13 heteroatoms. The third kappa shape index (κ3) is 14.9. The zero-order valence-electron chi connectivity index (χ0n) is 17.8. The van der Waals surface area contributed by atoms with E-state index in [4.69, 9.17) is 18.8 Å². The highest BCUT2D eigenvalue weighted by Gasteiger charge is 2.43. The fourth-order valence-electron chi connectivity index (χ4n) is 2.55. The third-order valence-electron chi connectivity index (χ3n) is 4.44. The average molecular weight is 482 g/mol. The fraction of sp³-hybridized carbons (Fsp3) is 1.00. The number of unbranched alkanes of at least 4 members (excludes halogenated alkanes) is 2. The van der Waals surface area contributed by atoms with Crippen molar-refractivity contribution < 1.29 is 46.0 Å². The standard InChI is InChI=1S/C16H37O10P3/c1-5-9-11-15(7-3)13-23-29(22,24-14-16(8-4)12-10-6-2)26-28(20,21)25-27(17,18)19/h15-16H,5-14H2,1-4H3,(H,20,21)(H2,17,18,19). The topological polar surface area (TPSA) is 149 Å². The molecule has 0 rings (SSSR count). The molecule has 0 aliphatic heterocycles. The molecule has 176 valence electrons. The Balaban J connectivity index is 5.25. The van der Waals surface area contributed by atoms with Gasteiger partial charge in [-0.2, -0.15) is 8.62 Å². The fourth-order valence-corrected chi connectivity index (χ4v) is 6.26. The smallest absolute Gasteiger partial charge is 0.302 e. The first-order chi connectivity index (χ1) is 13.4. The predicted molar refractivity (Wildman–Crippen MR) is 110 cm³/mol. The summed E-state index contributed by atoms with van der Waals surface area (Å²) in [5, 5.41) is 0. The van der Waals surface area contributed by atoms with Crippen LogP contribution in [0.25, 0.3) is 0 Å². The van der Waals surface area contributed by atoms with Crippen LogP contribution in [-0.2, 0) is 31.4 Å². The lowest BCUT2D eigenvalue weighted by Crippen LogP contribution is -2.13. The van der Waals surface area contributed by atoms with Gasteiger partial charge in [-0.3, -0.25) is 9.05 Å². The molecular weight excluding hydrogens is 445 g/mol. The molecule has 0 spiro atoms. The second kappa shape index (κ2) is 14.5. The Morgan fingerprint density at radius 3 is 1.45 bits per heavy atom. The molecule has 10 nitrogen and oxygen atoms in total. The number of phosphoric acid groups is 3. The summed E-state index contributed by atoms with van der Waals surface area (Å²) in [6.07, 6.45) is 6.87. The maximum atomic E-state index is 13.0. The molecule has 29 heavy (non-hydrogen) atoms. The lowest BCUT2D eigenvalue weighted by Gasteiger charge is -2.24. The molecule has 3 unspecified atom stereocenters. The number of hydrogen-bond acceptors (Lipinski definition) is 7. The van der Waals surface area contributed by atoms with Gasteiger partial charge < -0.3 is 14.7 Å². The van der Waals surface area contributed by atoms with Crippen molar-refractivity contribution in [3.63, 3.8) is 0 Å². The molecule has 0 bridgehead atoms. The van der Waals surface area contributed by atoms with Gasteiger partial charge in [0.05, 0.1) is 13.2 Å². The van der Waals surface area contributed by atoms with E-state index in [0.29, 0.717) is 0 Å². The van der Waals surface area contributed by atoms with Gasteiger partial charge in [0, 0.05) is 0 Å². The van der Waals surface area contributed by atoms with Crippen molar-refractivity contribution in [2.45, 2.75) is 79.1 Å². The first-order valence-electron chi connectivity index (χ1n) is 10.1. The van der Waals surface area contributed by atoms with Crippen LogP contribution < -0.4 is 0 Å². The Bertz CT molecular complexity index is 555. The summed E-state index contributed by atoms with van der Waals surface area (Å²) in [6, 6.07) is 0. The van der Waals surface area contributed by atoms with Gasteiger partial charge in [-0.1, -0.05) is 66.2 Å². The van der Waals surface area contributed by atoms with Crippen molar-refractivity contribution in [2.24, 2.45) is 11.8 Å². The molecule has 0 aromatic carbocycles. The second-order valence-corrected chi connectivity index (χ2v) is 11.6. The van der Waals surface area contributed by atoms with Crippen molar-refractivity contribution >= 4 is 23.5 Å². The summed E-state index contributed by atoms with van der Waals surface area (Å²) in [4.78, 5) is 27.1.